The maximum Gasteiger partial charge on any atom is 0.137 e. The molecule has 3 rings (SSSR count). The summed E-state index contributed by atoms with van der Waals surface area (Å²) in [6, 6.07) is 14.2. The molecule has 0 bridgehead atoms. The molecule has 0 saturated carbocycles. The minimum Gasteiger partial charge on any atom is -0.488 e. The van der Waals surface area contributed by atoms with E-state index in [4.69, 9.17) is 16.3 Å². The Kier molecular flexibility index (Phi) is 5.73. The summed E-state index contributed by atoms with van der Waals surface area (Å²) in [7, 11) is 0. The van der Waals surface area contributed by atoms with Crippen LogP contribution in [0.1, 0.15) is 4.88 Å². The molecular weight excluding hydrogens is 316 g/mol. The van der Waals surface area contributed by atoms with Crippen LogP contribution in [-0.4, -0.2) is 39.3 Å². The number of piperazine rings is 1. The van der Waals surface area contributed by atoms with Crippen LogP contribution >= 0.6 is 22.9 Å². The van der Waals surface area contributed by atoms with Crippen LogP contribution in [0.15, 0.2) is 42.5 Å². The maximum atomic E-state index is 6.00. The lowest BCUT2D eigenvalue weighted by Crippen LogP contribution is -3.27. The third-order valence-electron chi connectivity index (χ3n) is 4.18. The van der Waals surface area contributed by atoms with Crippen molar-refractivity contribution in [1.82, 2.24) is 0 Å². The molecule has 1 aliphatic heterocycles. The summed E-state index contributed by atoms with van der Waals surface area (Å²) >= 11 is 7.71. The Balaban J connectivity index is 1.35. The van der Waals surface area contributed by atoms with Gasteiger partial charge in [0.15, 0.2) is 0 Å². The molecule has 0 unspecified atom stereocenters. The van der Waals surface area contributed by atoms with Crippen molar-refractivity contribution in [1.29, 1.82) is 0 Å². The van der Waals surface area contributed by atoms with Crippen LogP contribution in [0, 0.1) is 0 Å². The SMILES string of the molecule is Clc1ccc(C[NH+]2CC[NH+](CCOc3ccccc3)CC2)s1. The average molecular weight is 339 g/mol. The van der Waals surface area contributed by atoms with Gasteiger partial charge in [0.2, 0.25) is 0 Å². The van der Waals surface area contributed by atoms with E-state index in [1.165, 1.54) is 31.1 Å². The molecule has 1 fully saturated rings. The molecule has 118 valence electrons. The van der Waals surface area contributed by atoms with E-state index in [1.807, 2.05) is 36.4 Å². The summed E-state index contributed by atoms with van der Waals surface area (Å²) in [6.07, 6.45) is 0. The zero-order valence-corrected chi connectivity index (χ0v) is 14.3. The van der Waals surface area contributed by atoms with Crippen LogP contribution in [0.2, 0.25) is 4.34 Å². The van der Waals surface area contributed by atoms with Crippen LogP contribution in [-0.2, 0) is 6.54 Å². The smallest absolute Gasteiger partial charge is 0.137 e. The molecule has 22 heavy (non-hydrogen) atoms. The number of benzene rings is 1. The Labute approximate surface area is 141 Å². The molecule has 0 radical (unpaired) electrons. The highest BCUT2D eigenvalue weighted by Gasteiger charge is 2.23. The molecule has 0 atom stereocenters. The molecule has 1 aromatic heterocycles. The van der Waals surface area contributed by atoms with Crippen molar-refractivity contribution in [3.8, 4) is 5.75 Å². The number of hydrogen-bond donors (Lipinski definition) is 2. The molecule has 3 nitrogen and oxygen atoms in total. The Hall–Kier alpha value is -1.07. The lowest BCUT2D eigenvalue weighted by Gasteiger charge is -2.29. The molecule has 1 saturated heterocycles. The minimum atomic E-state index is 0.801. The van der Waals surface area contributed by atoms with E-state index >= 15 is 0 Å². The zero-order valence-electron chi connectivity index (χ0n) is 12.7. The summed E-state index contributed by atoms with van der Waals surface area (Å²) in [5.74, 6) is 0.973. The number of nitrogens with one attached hydrogen (secondary N) is 2. The fourth-order valence-corrected chi connectivity index (χ4v) is 4.07. The second-order valence-electron chi connectivity index (χ2n) is 5.79. The summed E-state index contributed by atoms with van der Waals surface area (Å²) in [6.45, 7) is 7.93. The van der Waals surface area contributed by atoms with Gasteiger partial charge in [-0.3, -0.25) is 0 Å². The van der Waals surface area contributed by atoms with Gasteiger partial charge in [0.25, 0.3) is 0 Å². The van der Waals surface area contributed by atoms with E-state index < -0.39 is 0 Å². The number of rotatable bonds is 6. The van der Waals surface area contributed by atoms with E-state index in [-0.39, 0.29) is 0 Å². The number of hydrogen-bond acceptors (Lipinski definition) is 2. The van der Waals surface area contributed by atoms with Crippen LogP contribution in [0.5, 0.6) is 5.75 Å². The van der Waals surface area contributed by atoms with Crippen molar-refractivity contribution in [2.45, 2.75) is 6.54 Å². The quantitative estimate of drug-likeness (QED) is 0.796. The summed E-state index contributed by atoms with van der Waals surface area (Å²) in [5, 5.41) is 0. The van der Waals surface area contributed by atoms with E-state index in [2.05, 4.69) is 6.07 Å². The third kappa shape index (κ3) is 4.71. The molecule has 0 spiro atoms. The van der Waals surface area contributed by atoms with Crippen LogP contribution in [0.25, 0.3) is 0 Å². The lowest BCUT2D eigenvalue weighted by atomic mass is 10.3. The van der Waals surface area contributed by atoms with Gasteiger partial charge >= 0.3 is 0 Å². The van der Waals surface area contributed by atoms with Gasteiger partial charge in [-0.05, 0) is 24.3 Å². The number of thiophene rings is 1. The molecule has 1 aliphatic rings. The Morgan fingerprint density at radius 1 is 0.955 bits per heavy atom. The van der Waals surface area contributed by atoms with E-state index in [0.29, 0.717) is 0 Å². The summed E-state index contributed by atoms with van der Waals surface area (Å²) in [4.78, 5) is 4.73. The second kappa shape index (κ2) is 7.97. The molecule has 2 N–H and O–H groups in total. The molecule has 0 aliphatic carbocycles. The van der Waals surface area contributed by atoms with E-state index in [9.17, 15) is 0 Å². The van der Waals surface area contributed by atoms with Crippen molar-refractivity contribution in [2.24, 2.45) is 0 Å². The zero-order chi connectivity index (χ0) is 15.2. The standard InChI is InChI=1S/C17H21ClN2OS/c18-17-7-6-16(22-17)14-20-10-8-19(9-11-20)12-13-21-15-4-2-1-3-5-15/h1-7H,8-14H2/p+2. The highest BCUT2D eigenvalue weighted by Crippen LogP contribution is 2.20. The average Bonchev–Trinajstić information content (AvgIpc) is 2.95. The molecule has 1 aromatic carbocycles. The van der Waals surface area contributed by atoms with Gasteiger partial charge in [0.05, 0.1) is 9.21 Å². The number of quaternary nitrogens is 2. The Morgan fingerprint density at radius 2 is 1.68 bits per heavy atom. The first-order chi connectivity index (χ1) is 10.8. The largest absolute Gasteiger partial charge is 0.488 e. The van der Waals surface area contributed by atoms with Gasteiger partial charge in [-0.2, -0.15) is 0 Å². The predicted octanol–water partition coefficient (Wildman–Crippen LogP) is 0.764. The normalized spacial score (nSPS) is 21.7. The van der Waals surface area contributed by atoms with Crippen molar-refractivity contribution >= 4 is 22.9 Å². The highest BCUT2D eigenvalue weighted by atomic mass is 35.5. The molecule has 2 heterocycles. The van der Waals surface area contributed by atoms with Gasteiger partial charge in [0.1, 0.15) is 51.6 Å². The van der Waals surface area contributed by atoms with Crippen molar-refractivity contribution in [3.63, 3.8) is 0 Å². The van der Waals surface area contributed by atoms with Crippen molar-refractivity contribution < 1.29 is 14.5 Å². The van der Waals surface area contributed by atoms with Gasteiger partial charge in [-0.15, -0.1) is 11.3 Å². The summed E-state index contributed by atoms with van der Waals surface area (Å²) < 4.78 is 6.69. The number of ether oxygens (including phenoxy) is 1. The van der Waals surface area contributed by atoms with Crippen molar-refractivity contribution in [3.05, 3.63) is 51.7 Å². The third-order valence-corrected chi connectivity index (χ3v) is 5.42. The molecule has 2 aromatic rings. The minimum absolute atomic E-state index is 0.801. The second-order valence-corrected chi connectivity index (χ2v) is 7.59. The van der Waals surface area contributed by atoms with Gasteiger partial charge in [-0.1, -0.05) is 29.8 Å². The van der Waals surface area contributed by atoms with E-state index in [0.717, 1.165) is 29.8 Å². The molecule has 0 amide bonds. The Morgan fingerprint density at radius 3 is 2.36 bits per heavy atom. The monoisotopic (exact) mass is 338 g/mol. The highest BCUT2D eigenvalue weighted by molar-refractivity contribution is 7.16. The molecule has 5 heteroatoms. The van der Waals surface area contributed by atoms with Crippen molar-refractivity contribution in [2.75, 3.05) is 39.3 Å². The van der Waals surface area contributed by atoms with Crippen LogP contribution < -0.4 is 14.5 Å². The van der Waals surface area contributed by atoms with Crippen LogP contribution in [0.3, 0.4) is 0 Å². The fraction of sp³-hybridized carbons (Fsp3) is 0.412. The van der Waals surface area contributed by atoms with Gasteiger partial charge in [-0.25, -0.2) is 0 Å². The van der Waals surface area contributed by atoms with Gasteiger partial charge < -0.3 is 14.5 Å². The fourth-order valence-electron chi connectivity index (χ4n) is 2.91. The topological polar surface area (TPSA) is 18.1 Å². The number of para-hydroxylation sites is 1. The first-order valence-corrected chi connectivity index (χ1v) is 9.08. The van der Waals surface area contributed by atoms with Crippen LogP contribution in [0.4, 0.5) is 0 Å². The Bertz CT molecular complexity index is 567. The first kappa shape index (κ1) is 15.8. The van der Waals surface area contributed by atoms with Gasteiger partial charge in [0, 0.05) is 0 Å². The van der Waals surface area contributed by atoms with E-state index in [1.54, 1.807) is 21.1 Å². The predicted molar refractivity (Wildman–Crippen MR) is 91.2 cm³/mol. The summed E-state index contributed by atoms with van der Waals surface area (Å²) in [5.41, 5.74) is 0. The first-order valence-electron chi connectivity index (χ1n) is 7.89. The lowest BCUT2D eigenvalue weighted by molar-refractivity contribution is -1.02. The number of halogens is 1. The molecular formula is C17H23ClN2OS+2. The maximum absolute atomic E-state index is 6.00.